The van der Waals surface area contributed by atoms with Crippen molar-refractivity contribution in [1.29, 1.82) is 0 Å². The van der Waals surface area contributed by atoms with Gasteiger partial charge >= 0.3 is 0 Å². The normalized spacial score (nSPS) is 10.8. The summed E-state index contributed by atoms with van der Waals surface area (Å²) >= 11 is 3.38. The molecule has 0 unspecified atom stereocenters. The third kappa shape index (κ3) is 2.31. The fourth-order valence-corrected chi connectivity index (χ4v) is 3.43. The molecule has 2 aromatic heterocycles. The van der Waals surface area contributed by atoms with E-state index < -0.39 is 0 Å². The number of aryl methyl sites for hydroxylation is 1. The van der Waals surface area contributed by atoms with Gasteiger partial charge in [0, 0.05) is 4.90 Å². The van der Waals surface area contributed by atoms with E-state index in [0.29, 0.717) is 0 Å². The van der Waals surface area contributed by atoms with E-state index in [-0.39, 0.29) is 0 Å². The Morgan fingerprint density at radius 1 is 1.21 bits per heavy atom. The molecule has 3 aromatic rings. The first kappa shape index (κ1) is 12.4. The van der Waals surface area contributed by atoms with Crippen LogP contribution in [0.25, 0.3) is 10.2 Å². The van der Waals surface area contributed by atoms with Crippen molar-refractivity contribution in [3.63, 3.8) is 0 Å². The molecule has 0 aliphatic heterocycles. The molecule has 0 amide bonds. The molecule has 1 aromatic carbocycles. The van der Waals surface area contributed by atoms with Crippen LogP contribution < -0.4 is 5.32 Å². The van der Waals surface area contributed by atoms with E-state index in [1.165, 1.54) is 10.5 Å². The molecule has 5 heteroatoms. The molecular weight excluding hydrogens is 274 g/mol. The van der Waals surface area contributed by atoms with E-state index in [2.05, 4.69) is 46.0 Å². The average molecular weight is 287 g/mol. The van der Waals surface area contributed by atoms with Crippen LogP contribution in [-0.4, -0.2) is 16.2 Å². The van der Waals surface area contributed by atoms with Gasteiger partial charge in [-0.1, -0.05) is 12.1 Å². The summed E-state index contributed by atoms with van der Waals surface area (Å²) in [5.74, 6) is 0.880. The number of nitrogens with zero attached hydrogens (tertiary/aromatic N) is 2. The number of rotatable bonds is 3. The van der Waals surface area contributed by atoms with Gasteiger partial charge in [0.2, 0.25) is 0 Å². The van der Waals surface area contributed by atoms with Crippen LogP contribution in [0.2, 0.25) is 0 Å². The minimum Gasteiger partial charge on any atom is -0.339 e. The standard InChI is InChI=1S/C14H13N3S2/c1-9-7-19-14-12(9)13(15-8-16-14)17-10-5-3-4-6-11(10)18-2/h3-8H,1-2H3,(H,15,16,17). The summed E-state index contributed by atoms with van der Waals surface area (Å²) < 4.78 is 0. The Morgan fingerprint density at radius 2 is 2.05 bits per heavy atom. The molecule has 0 aliphatic rings. The van der Waals surface area contributed by atoms with Crippen molar-refractivity contribution < 1.29 is 0 Å². The van der Waals surface area contributed by atoms with Gasteiger partial charge < -0.3 is 5.32 Å². The zero-order valence-corrected chi connectivity index (χ0v) is 12.3. The van der Waals surface area contributed by atoms with E-state index in [9.17, 15) is 0 Å². The van der Waals surface area contributed by atoms with Crippen LogP contribution in [0.1, 0.15) is 5.56 Å². The van der Waals surface area contributed by atoms with Crippen LogP contribution in [0.5, 0.6) is 0 Å². The van der Waals surface area contributed by atoms with Crippen LogP contribution >= 0.6 is 23.1 Å². The highest BCUT2D eigenvalue weighted by Crippen LogP contribution is 2.33. The minimum atomic E-state index is 0.880. The van der Waals surface area contributed by atoms with Crippen molar-refractivity contribution in [2.24, 2.45) is 0 Å². The molecule has 3 rings (SSSR count). The number of anilines is 2. The highest BCUT2D eigenvalue weighted by Gasteiger charge is 2.10. The van der Waals surface area contributed by atoms with Crippen molar-refractivity contribution in [3.05, 3.63) is 41.5 Å². The second kappa shape index (κ2) is 5.19. The zero-order chi connectivity index (χ0) is 13.2. The first-order valence-electron chi connectivity index (χ1n) is 5.88. The molecule has 19 heavy (non-hydrogen) atoms. The van der Waals surface area contributed by atoms with Crippen LogP contribution in [0.3, 0.4) is 0 Å². The number of thioether (sulfide) groups is 1. The molecule has 0 saturated heterocycles. The van der Waals surface area contributed by atoms with E-state index >= 15 is 0 Å². The van der Waals surface area contributed by atoms with Crippen LogP contribution in [-0.2, 0) is 0 Å². The van der Waals surface area contributed by atoms with Crippen LogP contribution in [0.15, 0.2) is 40.9 Å². The van der Waals surface area contributed by atoms with Gasteiger partial charge in [0.15, 0.2) is 0 Å². The van der Waals surface area contributed by atoms with Gasteiger partial charge in [0.25, 0.3) is 0 Å². The van der Waals surface area contributed by atoms with Crippen molar-refractivity contribution in [2.75, 3.05) is 11.6 Å². The zero-order valence-electron chi connectivity index (χ0n) is 10.7. The summed E-state index contributed by atoms with van der Waals surface area (Å²) in [5, 5.41) is 6.66. The Balaban J connectivity index is 2.08. The summed E-state index contributed by atoms with van der Waals surface area (Å²) in [6.45, 7) is 2.09. The second-order valence-electron chi connectivity index (χ2n) is 4.15. The van der Waals surface area contributed by atoms with Crippen LogP contribution in [0, 0.1) is 6.92 Å². The second-order valence-corrected chi connectivity index (χ2v) is 5.85. The number of benzene rings is 1. The lowest BCUT2D eigenvalue weighted by Gasteiger charge is -2.10. The third-order valence-electron chi connectivity index (χ3n) is 2.91. The van der Waals surface area contributed by atoms with Gasteiger partial charge in [-0.15, -0.1) is 23.1 Å². The highest BCUT2D eigenvalue weighted by atomic mass is 32.2. The molecule has 0 atom stereocenters. The van der Waals surface area contributed by atoms with E-state index in [1.54, 1.807) is 29.4 Å². The molecular formula is C14H13N3S2. The molecule has 96 valence electrons. The van der Waals surface area contributed by atoms with E-state index in [1.807, 2.05) is 12.1 Å². The monoisotopic (exact) mass is 287 g/mol. The highest BCUT2D eigenvalue weighted by molar-refractivity contribution is 7.98. The molecule has 0 saturated carbocycles. The van der Waals surface area contributed by atoms with E-state index in [0.717, 1.165) is 21.7 Å². The van der Waals surface area contributed by atoms with E-state index in [4.69, 9.17) is 0 Å². The SMILES string of the molecule is CSc1ccccc1Nc1ncnc2scc(C)c12. The van der Waals surface area contributed by atoms with Crippen molar-refractivity contribution in [2.45, 2.75) is 11.8 Å². The first-order valence-corrected chi connectivity index (χ1v) is 7.99. The first-order chi connectivity index (χ1) is 9.29. The number of hydrogen-bond donors (Lipinski definition) is 1. The number of para-hydroxylation sites is 1. The summed E-state index contributed by atoms with van der Waals surface area (Å²) in [6, 6.07) is 8.25. The number of aromatic nitrogens is 2. The molecule has 2 heterocycles. The quantitative estimate of drug-likeness (QED) is 0.721. The van der Waals surface area contributed by atoms with Gasteiger partial charge in [-0.25, -0.2) is 9.97 Å². The largest absolute Gasteiger partial charge is 0.339 e. The summed E-state index contributed by atoms with van der Waals surface area (Å²) in [4.78, 5) is 10.9. The maximum absolute atomic E-state index is 4.39. The van der Waals surface area contributed by atoms with Gasteiger partial charge in [-0.3, -0.25) is 0 Å². The van der Waals surface area contributed by atoms with Gasteiger partial charge in [0.05, 0.1) is 11.1 Å². The molecule has 3 nitrogen and oxygen atoms in total. The Bertz CT molecular complexity index is 722. The fraction of sp³-hybridized carbons (Fsp3) is 0.143. The maximum atomic E-state index is 4.39. The predicted octanol–water partition coefficient (Wildman–Crippen LogP) is 4.47. The van der Waals surface area contributed by atoms with Crippen molar-refractivity contribution >= 4 is 44.8 Å². The summed E-state index contributed by atoms with van der Waals surface area (Å²) in [6.07, 6.45) is 3.69. The molecule has 0 spiro atoms. The topological polar surface area (TPSA) is 37.8 Å². The molecule has 0 radical (unpaired) electrons. The molecule has 0 aliphatic carbocycles. The number of hydrogen-bond acceptors (Lipinski definition) is 5. The Kier molecular flexibility index (Phi) is 3.40. The molecule has 1 N–H and O–H groups in total. The van der Waals surface area contributed by atoms with Gasteiger partial charge in [-0.2, -0.15) is 0 Å². The van der Waals surface area contributed by atoms with Crippen LogP contribution in [0.4, 0.5) is 11.5 Å². The fourth-order valence-electron chi connectivity index (χ4n) is 1.99. The molecule has 0 fully saturated rings. The maximum Gasteiger partial charge on any atom is 0.142 e. The van der Waals surface area contributed by atoms with Gasteiger partial charge in [-0.05, 0) is 36.3 Å². The van der Waals surface area contributed by atoms with Crippen molar-refractivity contribution in [1.82, 2.24) is 9.97 Å². The molecule has 0 bridgehead atoms. The Hall–Kier alpha value is -1.59. The Labute approximate surface area is 120 Å². The Morgan fingerprint density at radius 3 is 2.89 bits per heavy atom. The summed E-state index contributed by atoms with van der Waals surface area (Å²) in [7, 11) is 0. The number of fused-ring (bicyclic) bond motifs is 1. The van der Waals surface area contributed by atoms with Crippen molar-refractivity contribution in [3.8, 4) is 0 Å². The van der Waals surface area contributed by atoms with Gasteiger partial charge in [0.1, 0.15) is 17.0 Å². The summed E-state index contributed by atoms with van der Waals surface area (Å²) in [5.41, 5.74) is 2.30. The average Bonchev–Trinajstić information content (AvgIpc) is 2.82. The smallest absolute Gasteiger partial charge is 0.142 e. The number of thiophene rings is 1. The number of nitrogens with one attached hydrogen (secondary N) is 1. The third-order valence-corrected chi connectivity index (χ3v) is 4.71. The minimum absolute atomic E-state index is 0.880. The lowest BCUT2D eigenvalue weighted by atomic mass is 10.2. The lowest BCUT2D eigenvalue weighted by molar-refractivity contribution is 1.22. The predicted molar refractivity (Wildman–Crippen MR) is 83.7 cm³/mol. The lowest BCUT2D eigenvalue weighted by Crippen LogP contribution is -1.96.